The lowest BCUT2D eigenvalue weighted by molar-refractivity contribution is 0.583. The summed E-state index contributed by atoms with van der Waals surface area (Å²) in [4.78, 5) is 4.41. The first kappa shape index (κ1) is 17.8. The summed E-state index contributed by atoms with van der Waals surface area (Å²) >= 11 is 0. The molecular formula is C14H18ClFN2O2S. The van der Waals surface area contributed by atoms with Crippen LogP contribution in [-0.2, 0) is 9.84 Å². The zero-order chi connectivity index (χ0) is 14.9. The molecule has 0 bridgehead atoms. The Morgan fingerprint density at radius 1 is 1.48 bits per heavy atom. The highest BCUT2D eigenvalue weighted by Crippen LogP contribution is 2.40. The Morgan fingerprint density at radius 3 is 2.76 bits per heavy atom. The number of hydrogen-bond acceptors (Lipinski definition) is 4. The van der Waals surface area contributed by atoms with Gasteiger partial charge in [0.25, 0.3) is 0 Å². The van der Waals surface area contributed by atoms with Crippen LogP contribution in [0.15, 0.2) is 40.0 Å². The second-order valence-corrected chi connectivity index (χ2v) is 6.77. The number of halogens is 2. The standard InChI is InChI=1S/C14H17FN2O2S.ClH/c1-9-10(2)17-14-12(9)4-3-5-13(14)20(18,19)8-11(15)6-7-16;/h3-6,9H,7-8,16H2,1-2H3;1H/b11-6-;. The second kappa shape index (κ2) is 6.68. The van der Waals surface area contributed by atoms with Crippen LogP contribution in [0.2, 0.25) is 0 Å². The van der Waals surface area contributed by atoms with Crippen LogP contribution in [0.1, 0.15) is 25.3 Å². The smallest absolute Gasteiger partial charge is 0.186 e. The molecule has 1 unspecified atom stereocenters. The number of sulfone groups is 1. The largest absolute Gasteiger partial charge is 0.327 e. The molecule has 116 valence electrons. The van der Waals surface area contributed by atoms with Gasteiger partial charge in [-0.25, -0.2) is 12.8 Å². The van der Waals surface area contributed by atoms with E-state index in [1.54, 1.807) is 6.07 Å². The van der Waals surface area contributed by atoms with Gasteiger partial charge in [-0.2, -0.15) is 0 Å². The minimum absolute atomic E-state index is 0. The minimum atomic E-state index is -3.76. The molecule has 0 radical (unpaired) electrons. The van der Waals surface area contributed by atoms with Crippen LogP contribution in [0, 0.1) is 0 Å². The minimum Gasteiger partial charge on any atom is -0.327 e. The molecule has 1 aromatic rings. The van der Waals surface area contributed by atoms with E-state index in [9.17, 15) is 12.8 Å². The molecule has 1 atom stereocenters. The van der Waals surface area contributed by atoms with Crippen molar-refractivity contribution in [1.82, 2.24) is 0 Å². The lowest BCUT2D eigenvalue weighted by atomic mass is 9.99. The molecule has 0 saturated heterocycles. The van der Waals surface area contributed by atoms with Gasteiger partial charge in [0.15, 0.2) is 9.84 Å². The number of para-hydroxylation sites is 1. The predicted octanol–water partition coefficient (Wildman–Crippen LogP) is 2.90. The third-order valence-corrected chi connectivity index (χ3v) is 5.07. The molecule has 0 aliphatic carbocycles. The molecule has 1 aliphatic rings. The summed E-state index contributed by atoms with van der Waals surface area (Å²) in [5.74, 6) is -1.33. The maximum Gasteiger partial charge on any atom is 0.186 e. The summed E-state index contributed by atoms with van der Waals surface area (Å²) in [7, 11) is -3.76. The lowest BCUT2D eigenvalue weighted by Gasteiger charge is -2.09. The predicted molar refractivity (Wildman–Crippen MR) is 85.2 cm³/mol. The number of nitrogens with two attached hydrogens (primary N) is 1. The van der Waals surface area contributed by atoms with Crippen molar-refractivity contribution in [2.75, 3.05) is 12.3 Å². The van der Waals surface area contributed by atoms with Gasteiger partial charge in [0.05, 0.1) is 10.6 Å². The van der Waals surface area contributed by atoms with Crippen LogP contribution in [0.4, 0.5) is 10.1 Å². The van der Waals surface area contributed by atoms with Crippen molar-refractivity contribution in [3.8, 4) is 0 Å². The molecule has 0 spiro atoms. The summed E-state index contributed by atoms with van der Waals surface area (Å²) in [5, 5.41) is 0. The number of nitrogens with zero attached hydrogens (tertiary/aromatic N) is 1. The van der Waals surface area contributed by atoms with Gasteiger partial charge < -0.3 is 5.73 Å². The molecule has 7 heteroatoms. The van der Waals surface area contributed by atoms with Gasteiger partial charge in [0.2, 0.25) is 0 Å². The Bertz CT molecular complexity index is 699. The monoisotopic (exact) mass is 332 g/mol. The van der Waals surface area contributed by atoms with E-state index in [0.29, 0.717) is 5.69 Å². The van der Waals surface area contributed by atoms with E-state index >= 15 is 0 Å². The van der Waals surface area contributed by atoms with Gasteiger partial charge >= 0.3 is 0 Å². The first-order valence-corrected chi connectivity index (χ1v) is 7.97. The maximum absolute atomic E-state index is 13.5. The Morgan fingerprint density at radius 2 is 2.14 bits per heavy atom. The van der Waals surface area contributed by atoms with Crippen molar-refractivity contribution in [3.05, 3.63) is 35.7 Å². The average molecular weight is 333 g/mol. The topological polar surface area (TPSA) is 72.5 Å². The van der Waals surface area contributed by atoms with Crippen molar-refractivity contribution in [2.24, 2.45) is 10.7 Å². The fourth-order valence-electron chi connectivity index (χ4n) is 2.20. The van der Waals surface area contributed by atoms with Crippen molar-refractivity contribution in [2.45, 2.75) is 24.7 Å². The van der Waals surface area contributed by atoms with Crippen LogP contribution < -0.4 is 5.73 Å². The van der Waals surface area contributed by atoms with Gasteiger partial charge in [-0.3, -0.25) is 4.99 Å². The van der Waals surface area contributed by atoms with Crippen LogP contribution in [0.5, 0.6) is 0 Å². The summed E-state index contributed by atoms with van der Waals surface area (Å²) < 4.78 is 38.1. The molecule has 1 heterocycles. The molecule has 2 rings (SSSR count). The Labute approximate surface area is 130 Å². The average Bonchev–Trinajstić information content (AvgIpc) is 2.65. The number of rotatable bonds is 4. The Balaban J connectivity index is 0.00000220. The third kappa shape index (κ3) is 3.51. The SMILES string of the molecule is CC1=Nc2c(cccc2S(=O)(=O)C/C(F)=C/CN)C1C.Cl. The van der Waals surface area contributed by atoms with Gasteiger partial charge in [0.1, 0.15) is 11.6 Å². The number of hydrogen-bond donors (Lipinski definition) is 1. The molecule has 0 saturated carbocycles. The van der Waals surface area contributed by atoms with E-state index in [4.69, 9.17) is 5.73 Å². The quantitative estimate of drug-likeness (QED) is 0.921. The molecule has 1 aliphatic heterocycles. The van der Waals surface area contributed by atoms with Crippen molar-refractivity contribution in [1.29, 1.82) is 0 Å². The molecule has 2 N–H and O–H groups in total. The highest BCUT2D eigenvalue weighted by Gasteiger charge is 2.28. The Kier molecular flexibility index (Phi) is 5.67. The Hall–Kier alpha value is -1.24. The molecule has 0 amide bonds. The number of benzene rings is 1. The second-order valence-electron chi connectivity index (χ2n) is 4.81. The zero-order valence-electron chi connectivity index (χ0n) is 11.8. The van der Waals surface area contributed by atoms with E-state index in [1.807, 2.05) is 19.9 Å². The van der Waals surface area contributed by atoms with Gasteiger partial charge in [-0.15, -0.1) is 12.4 Å². The van der Waals surface area contributed by atoms with Crippen LogP contribution in [0.25, 0.3) is 0 Å². The summed E-state index contributed by atoms with van der Waals surface area (Å²) in [6, 6.07) is 4.99. The van der Waals surface area contributed by atoms with E-state index in [2.05, 4.69) is 4.99 Å². The van der Waals surface area contributed by atoms with E-state index in [-0.39, 0.29) is 29.8 Å². The molecule has 21 heavy (non-hydrogen) atoms. The molecule has 0 fully saturated rings. The molecule has 4 nitrogen and oxygen atoms in total. The summed E-state index contributed by atoms with van der Waals surface area (Å²) in [6.07, 6.45) is 1.07. The van der Waals surface area contributed by atoms with Crippen LogP contribution >= 0.6 is 12.4 Å². The zero-order valence-corrected chi connectivity index (χ0v) is 13.5. The molecule has 0 aromatic heterocycles. The third-order valence-electron chi connectivity index (χ3n) is 3.41. The summed E-state index contributed by atoms with van der Waals surface area (Å²) in [5.41, 5.74) is 7.35. The number of aliphatic imine (C=N–C) groups is 1. The van der Waals surface area contributed by atoms with Crippen molar-refractivity contribution in [3.63, 3.8) is 0 Å². The number of fused-ring (bicyclic) bond motifs is 1. The molecule has 1 aromatic carbocycles. The van der Waals surface area contributed by atoms with Gasteiger partial charge in [0, 0.05) is 18.2 Å². The molecular weight excluding hydrogens is 315 g/mol. The summed E-state index contributed by atoms with van der Waals surface area (Å²) in [6.45, 7) is 3.80. The van der Waals surface area contributed by atoms with E-state index in [0.717, 1.165) is 17.4 Å². The van der Waals surface area contributed by atoms with E-state index < -0.39 is 21.4 Å². The fraction of sp³-hybridized carbons (Fsp3) is 0.357. The first-order chi connectivity index (χ1) is 9.36. The highest BCUT2D eigenvalue weighted by molar-refractivity contribution is 7.91. The van der Waals surface area contributed by atoms with Crippen LogP contribution in [0.3, 0.4) is 0 Å². The van der Waals surface area contributed by atoms with Gasteiger partial charge in [-0.05, 0) is 24.6 Å². The van der Waals surface area contributed by atoms with Crippen molar-refractivity contribution < 1.29 is 12.8 Å². The normalized spacial score (nSPS) is 18.0. The van der Waals surface area contributed by atoms with Crippen LogP contribution in [-0.4, -0.2) is 26.4 Å². The fourth-order valence-corrected chi connectivity index (χ4v) is 3.58. The first-order valence-electron chi connectivity index (χ1n) is 6.32. The lowest BCUT2D eigenvalue weighted by Crippen LogP contribution is -2.09. The van der Waals surface area contributed by atoms with Crippen molar-refractivity contribution >= 4 is 33.6 Å². The van der Waals surface area contributed by atoms with E-state index in [1.165, 1.54) is 6.07 Å². The maximum atomic E-state index is 13.5. The van der Waals surface area contributed by atoms with Gasteiger partial charge in [-0.1, -0.05) is 19.1 Å². The highest BCUT2D eigenvalue weighted by atomic mass is 35.5.